The summed E-state index contributed by atoms with van der Waals surface area (Å²) in [6.07, 6.45) is -3.99. The van der Waals surface area contributed by atoms with Gasteiger partial charge in [-0.2, -0.15) is 13.2 Å². The van der Waals surface area contributed by atoms with E-state index >= 15 is 0 Å². The van der Waals surface area contributed by atoms with Gasteiger partial charge >= 0.3 is 12.1 Å². The maximum absolute atomic E-state index is 13.3. The number of aromatic nitrogens is 1. The number of carbonyl (C=O) groups is 1. The Kier molecular flexibility index (Phi) is 4.56. The lowest BCUT2D eigenvalue weighted by Gasteiger charge is -2.16. The lowest BCUT2D eigenvalue weighted by Crippen LogP contribution is -2.15. The van der Waals surface area contributed by atoms with Crippen LogP contribution in [0.1, 0.15) is 15.9 Å². The highest BCUT2D eigenvalue weighted by molar-refractivity contribution is 6.44. The highest BCUT2D eigenvalue weighted by Gasteiger charge is 2.39. The molecule has 2 aromatic rings. The van der Waals surface area contributed by atoms with Crippen LogP contribution in [0, 0.1) is 0 Å². The van der Waals surface area contributed by atoms with Gasteiger partial charge in [0.1, 0.15) is 0 Å². The van der Waals surface area contributed by atoms with Gasteiger partial charge in [-0.1, -0.05) is 34.8 Å². The number of carboxylic acids is 1. The van der Waals surface area contributed by atoms with E-state index in [1.165, 1.54) is 0 Å². The van der Waals surface area contributed by atoms with Crippen LogP contribution < -0.4 is 0 Å². The summed E-state index contributed by atoms with van der Waals surface area (Å²) < 4.78 is 39.8. The van der Waals surface area contributed by atoms with Gasteiger partial charge in [-0.3, -0.25) is 4.98 Å². The number of hydrogen-bond donors (Lipinski definition) is 1. The fourth-order valence-corrected chi connectivity index (χ4v) is 2.47. The van der Waals surface area contributed by atoms with Crippen molar-refractivity contribution in [2.24, 2.45) is 0 Å². The van der Waals surface area contributed by atoms with Gasteiger partial charge in [-0.15, -0.1) is 0 Å². The van der Waals surface area contributed by atoms with Crippen LogP contribution in [-0.2, 0) is 6.18 Å². The van der Waals surface area contributed by atoms with E-state index in [2.05, 4.69) is 4.98 Å². The summed E-state index contributed by atoms with van der Waals surface area (Å²) in [4.78, 5) is 14.7. The minimum Gasteiger partial charge on any atom is -0.478 e. The molecule has 0 saturated heterocycles. The normalized spacial score (nSPS) is 11.5. The van der Waals surface area contributed by atoms with Crippen molar-refractivity contribution < 1.29 is 23.1 Å². The molecule has 0 aliphatic carbocycles. The first-order valence-corrected chi connectivity index (χ1v) is 6.70. The Balaban J connectivity index is 2.85. The number of benzene rings is 1. The smallest absolute Gasteiger partial charge is 0.419 e. The minimum absolute atomic E-state index is 0.0308. The Morgan fingerprint density at radius 1 is 1.09 bits per heavy atom. The Morgan fingerprint density at radius 3 is 2.23 bits per heavy atom. The van der Waals surface area contributed by atoms with Crippen LogP contribution in [0.25, 0.3) is 11.3 Å². The number of alkyl halides is 3. The van der Waals surface area contributed by atoms with E-state index in [0.717, 1.165) is 24.4 Å². The topological polar surface area (TPSA) is 50.2 Å². The Hall–Kier alpha value is -1.50. The van der Waals surface area contributed by atoms with E-state index in [-0.39, 0.29) is 20.6 Å². The molecule has 1 aromatic heterocycles. The molecule has 1 aromatic carbocycles. The van der Waals surface area contributed by atoms with Crippen molar-refractivity contribution in [3.63, 3.8) is 0 Å². The molecule has 0 spiro atoms. The minimum atomic E-state index is -4.94. The lowest BCUT2D eigenvalue weighted by molar-refractivity contribution is -0.137. The van der Waals surface area contributed by atoms with Gasteiger partial charge in [0.25, 0.3) is 0 Å². The zero-order valence-electron chi connectivity index (χ0n) is 10.4. The Bertz CT molecular complexity index is 763. The van der Waals surface area contributed by atoms with Crippen LogP contribution in [0.15, 0.2) is 24.4 Å². The number of rotatable bonds is 2. The molecule has 1 N–H and O–H groups in total. The van der Waals surface area contributed by atoms with E-state index < -0.39 is 29.0 Å². The standard InChI is InChI=1S/C13H5Cl3F3NO2/c14-7-4-9(16)8(15)3-6(7)11-10(13(17,18)19)5(12(21)22)1-2-20-11/h1-4H,(H,21,22). The zero-order valence-corrected chi connectivity index (χ0v) is 12.6. The highest BCUT2D eigenvalue weighted by atomic mass is 35.5. The molecule has 0 aliphatic heterocycles. The van der Waals surface area contributed by atoms with Crippen molar-refractivity contribution in [3.8, 4) is 11.3 Å². The second-order valence-electron chi connectivity index (χ2n) is 4.13. The molecular weight excluding hydrogens is 366 g/mol. The first kappa shape index (κ1) is 16.9. The van der Waals surface area contributed by atoms with Crippen LogP contribution in [0.2, 0.25) is 15.1 Å². The zero-order chi connectivity index (χ0) is 16.7. The number of pyridine rings is 1. The fourth-order valence-electron chi connectivity index (χ4n) is 1.84. The monoisotopic (exact) mass is 369 g/mol. The van der Waals surface area contributed by atoms with Crippen molar-refractivity contribution >= 4 is 40.8 Å². The number of halogens is 6. The SMILES string of the molecule is O=C(O)c1ccnc(-c2cc(Cl)c(Cl)cc2Cl)c1C(F)(F)F. The third-order valence-corrected chi connectivity index (χ3v) is 3.76. The molecule has 0 fully saturated rings. The van der Waals surface area contributed by atoms with Gasteiger partial charge < -0.3 is 5.11 Å². The second kappa shape index (κ2) is 5.95. The van der Waals surface area contributed by atoms with E-state index in [0.29, 0.717) is 0 Å². The van der Waals surface area contributed by atoms with Crippen molar-refractivity contribution in [1.29, 1.82) is 0 Å². The van der Waals surface area contributed by atoms with Crippen molar-refractivity contribution in [1.82, 2.24) is 4.98 Å². The van der Waals surface area contributed by atoms with Crippen molar-refractivity contribution in [2.45, 2.75) is 6.18 Å². The van der Waals surface area contributed by atoms with Gasteiger partial charge in [0.15, 0.2) is 0 Å². The molecule has 0 bridgehead atoms. The average Bonchev–Trinajstić information content (AvgIpc) is 2.41. The van der Waals surface area contributed by atoms with Crippen LogP contribution >= 0.6 is 34.8 Å². The quantitative estimate of drug-likeness (QED) is 0.718. The largest absolute Gasteiger partial charge is 0.478 e. The van der Waals surface area contributed by atoms with Crippen molar-refractivity contribution in [3.05, 3.63) is 50.6 Å². The molecule has 0 amide bonds. The average molecular weight is 371 g/mol. The molecule has 0 saturated carbocycles. The Morgan fingerprint density at radius 2 is 1.68 bits per heavy atom. The third kappa shape index (κ3) is 3.14. The summed E-state index contributed by atoms with van der Waals surface area (Å²) in [5.41, 5.74) is -3.12. The van der Waals surface area contributed by atoms with Gasteiger partial charge in [-0.25, -0.2) is 4.79 Å². The fraction of sp³-hybridized carbons (Fsp3) is 0.0769. The molecule has 22 heavy (non-hydrogen) atoms. The summed E-state index contributed by atoms with van der Waals surface area (Å²) in [6, 6.07) is 3.03. The van der Waals surface area contributed by atoms with Crippen LogP contribution in [0.5, 0.6) is 0 Å². The summed E-state index contributed by atoms with van der Waals surface area (Å²) in [7, 11) is 0. The molecule has 9 heteroatoms. The molecule has 0 aliphatic rings. The molecule has 1 heterocycles. The van der Waals surface area contributed by atoms with E-state index in [1.54, 1.807) is 0 Å². The second-order valence-corrected chi connectivity index (χ2v) is 5.35. The van der Waals surface area contributed by atoms with Crippen LogP contribution in [-0.4, -0.2) is 16.1 Å². The molecule has 0 atom stereocenters. The number of hydrogen-bond acceptors (Lipinski definition) is 2. The van der Waals surface area contributed by atoms with Crippen molar-refractivity contribution in [2.75, 3.05) is 0 Å². The highest BCUT2D eigenvalue weighted by Crippen LogP contribution is 2.42. The molecule has 3 nitrogen and oxygen atoms in total. The third-order valence-electron chi connectivity index (χ3n) is 2.73. The molecule has 2 rings (SSSR count). The molecular formula is C13H5Cl3F3NO2. The van der Waals surface area contributed by atoms with E-state index in [4.69, 9.17) is 39.9 Å². The maximum Gasteiger partial charge on any atom is 0.419 e. The maximum atomic E-state index is 13.3. The van der Waals surface area contributed by atoms with Gasteiger partial charge in [0.05, 0.1) is 31.9 Å². The molecule has 0 radical (unpaired) electrons. The number of carboxylic acid groups (broad SMARTS) is 1. The van der Waals surface area contributed by atoms with Gasteiger partial charge in [0.2, 0.25) is 0 Å². The number of nitrogens with zero attached hydrogens (tertiary/aromatic N) is 1. The van der Waals surface area contributed by atoms with Crippen LogP contribution in [0.4, 0.5) is 13.2 Å². The molecule has 116 valence electrons. The predicted molar refractivity (Wildman–Crippen MR) is 76.7 cm³/mol. The first-order valence-electron chi connectivity index (χ1n) is 5.57. The first-order chi connectivity index (χ1) is 10.1. The predicted octanol–water partition coefficient (Wildman–Crippen LogP) is 5.43. The number of aromatic carboxylic acids is 1. The summed E-state index contributed by atoms with van der Waals surface area (Å²) in [5, 5.41) is 8.85. The Labute approximate surface area is 137 Å². The van der Waals surface area contributed by atoms with E-state index in [1.807, 2.05) is 0 Å². The van der Waals surface area contributed by atoms with Crippen LogP contribution in [0.3, 0.4) is 0 Å². The van der Waals surface area contributed by atoms with Gasteiger partial charge in [0, 0.05) is 11.8 Å². The molecule has 0 unspecified atom stereocenters. The summed E-state index contributed by atoms with van der Waals surface area (Å²) >= 11 is 17.4. The summed E-state index contributed by atoms with van der Waals surface area (Å²) in [5.74, 6) is -1.73. The summed E-state index contributed by atoms with van der Waals surface area (Å²) in [6.45, 7) is 0. The van der Waals surface area contributed by atoms with E-state index in [9.17, 15) is 18.0 Å². The van der Waals surface area contributed by atoms with Gasteiger partial charge in [-0.05, 0) is 18.2 Å². The lowest BCUT2D eigenvalue weighted by atomic mass is 10.0.